The standard InChI is InChI=1S/C27H34N2O5.C6H13NO2/c1-2-7-19-11-13-20(14-12-19)15-16-24(27(33)34)28-23(26(31)32)10-5-6-17-29-18-21-8-3-4-9-22(21)25(29)30;1-4(2)3-5(7)6(8)9/h3-4,8-9,11-14,23-24,28H,2,5-7,10,15-18H2,1H3,(H,31,32)(H,33,34);4-5H,3,7H2,1-2H3,(H,8,9)/t23-,24+;5-/m10/s1. The van der Waals surface area contributed by atoms with Gasteiger partial charge >= 0.3 is 17.9 Å². The summed E-state index contributed by atoms with van der Waals surface area (Å²) in [5, 5.41) is 30.4. The summed E-state index contributed by atoms with van der Waals surface area (Å²) in [5.41, 5.74) is 9.26. The Labute approximate surface area is 254 Å². The molecule has 0 aromatic heterocycles. The monoisotopic (exact) mass is 597 g/mol. The maximum Gasteiger partial charge on any atom is 0.320 e. The first-order chi connectivity index (χ1) is 20.4. The number of hydrogen-bond donors (Lipinski definition) is 5. The van der Waals surface area contributed by atoms with Crippen molar-refractivity contribution in [3.05, 3.63) is 70.8 Å². The highest BCUT2D eigenvalue weighted by molar-refractivity contribution is 5.98. The third-order valence-corrected chi connectivity index (χ3v) is 7.39. The lowest BCUT2D eigenvalue weighted by molar-refractivity contribution is -0.143. The number of fused-ring (bicyclic) bond motifs is 1. The van der Waals surface area contributed by atoms with E-state index in [2.05, 4.69) is 24.4 Å². The summed E-state index contributed by atoms with van der Waals surface area (Å²) in [6, 6.07) is 13.1. The van der Waals surface area contributed by atoms with Gasteiger partial charge in [0.15, 0.2) is 0 Å². The molecule has 6 N–H and O–H groups in total. The SMILES string of the molecule is CC(C)C[C@H](N)C(=O)O.CCCc1ccc(CC[C@H](N[C@H](CCCCN2Cc3ccccc3C2=O)C(=O)O)C(=O)O)cc1. The minimum Gasteiger partial charge on any atom is -0.480 e. The predicted molar refractivity (Wildman–Crippen MR) is 165 cm³/mol. The molecule has 3 rings (SSSR count). The molecular weight excluding hydrogens is 550 g/mol. The molecule has 0 aliphatic carbocycles. The molecule has 0 unspecified atom stereocenters. The van der Waals surface area contributed by atoms with E-state index >= 15 is 0 Å². The van der Waals surface area contributed by atoms with Crippen molar-refractivity contribution in [2.45, 2.75) is 96.8 Å². The molecular formula is C33H47N3O7. The lowest BCUT2D eigenvalue weighted by Gasteiger charge is -2.21. The molecule has 2 aromatic rings. The lowest BCUT2D eigenvalue weighted by atomic mass is 10.0. The number of benzene rings is 2. The number of aryl methyl sites for hydroxylation is 2. The second-order valence-corrected chi connectivity index (χ2v) is 11.5. The molecule has 2 aromatic carbocycles. The largest absolute Gasteiger partial charge is 0.480 e. The zero-order chi connectivity index (χ0) is 31.9. The summed E-state index contributed by atoms with van der Waals surface area (Å²) in [6.45, 7) is 7.15. The van der Waals surface area contributed by atoms with Crippen LogP contribution in [0.25, 0.3) is 0 Å². The van der Waals surface area contributed by atoms with E-state index in [0.717, 1.165) is 29.5 Å². The van der Waals surface area contributed by atoms with Gasteiger partial charge in [-0.25, -0.2) is 0 Å². The van der Waals surface area contributed by atoms with Crippen molar-refractivity contribution >= 4 is 23.8 Å². The van der Waals surface area contributed by atoms with Gasteiger partial charge in [0.25, 0.3) is 5.91 Å². The van der Waals surface area contributed by atoms with E-state index in [-0.39, 0.29) is 5.91 Å². The Hall–Kier alpha value is -3.76. The smallest absolute Gasteiger partial charge is 0.320 e. The van der Waals surface area contributed by atoms with Gasteiger partial charge in [-0.1, -0.05) is 69.7 Å². The van der Waals surface area contributed by atoms with E-state index in [9.17, 15) is 29.4 Å². The van der Waals surface area contributed by atoms with E-state index in [1.54, 1.807) is 4.90 Å². The maximum atomic E-state index is 12.4. The Kier molecular flexibility index (Phi) is 14.9. The number of nitrogens with two attached hydrogens (primary N) is 1. The number of nitrogens with zero attached hydrogens (tertiary/aromatic N) is 1. The molecule has 0 saturated carbocycles. The molecule has 236 valence electrons. The fraction of sp³-hybridized carbons (Fsp3) is 0.515. The minimum absolute atomic E-state index is 0.0113. The van der Waals surface area contributed by atoms with E-state index < -0.39 is 36.0 Å². The second kappa shape index (κ2) is 18.0. The topological polar surface area (TPSA) is 170 Å². The van der Waals surface area contributed by atoms with Crippen LogP contribution >= 0.6 is 0 Å². The van der Waals surface area contributed by atoms with Gasteiger partial charge < -0.3 is 26.0 Å². The van der Waals surface area contributed by atoms with Gasteiger partial charge in [0.2, 0.25) is 0 Å². The highest BCUT2D eigenvalue weighted by atomic mass is 16.4. The Morgan fingerprint density at radius 2 is 1.44 bits per heavy atom. The van der Waals surface area contributed by atoms with Crippen LogP contribution in [0.2, 0.25) is 0 Å². The van der Waals surface area contributed by atoms with Crippen LogP contribution < -0.4 is 11.1 Å². The van der Waals surface area contributed by atoms with Crippen LogP contribution in [-0.2, 0) is 33.8 Å². The van der Waals surface area contributed by atoms with Crippen molar-refractivity contribution in [2.75, 3.05) is 6.54 Å². The fourth-order valence-corrected chi connectivity index (χ4v) is 5.03. The van der Waals surface area contributed by atoms with Crippen LogP contribution in [0.15, 0.2) is 48.5 Å². The molecule has 10 heteroatoms. The number of hydrogen-bond acceptors (Lipinski definition) is 6. The Bertz CT molecular complexity index is 1200. The van der Waals surface area contributed by atoms with Crippen LogP contribution in [-0.4, -0.2) is 68.7 Å². The number of nitrogens with one attached hydrogen (secondary N) is 1. The zero-order valence-electron chi connectivity index (χ0n) is 25.5. The van der Waals surface area contributed by atoms with E-state index in [1.165, 1.54) is 5.56 Å². The van der Waals surface area contributed by atoms with Crippen molar-refractivity contribution < 1.29 is 34.5 Å². The average Bonchev–Trinajstić information content (AvgIpc) is 3.27. The minimum atomic E-state index is -1.06. The van der Waals surface area contributed by atoms with Crippen molar-refractivity contribution in [2.24, 2.45) is 11.7 Å². The van der Waals surface area contributed by atoms with Crippen LogP contribution in [0.3, 0.4) is 0 Å². The molecule has 1 aliphatic rings. The van der Waals surface area contributed by atoms with Gasteiger partial charge in [-0.05, 0) is 73.6 Å². The Balaban J connectivity index is 0.000000621. The second-order valence-electron chi connectivity index (χ2n) is 11.5. The molecule has 1 heterocycles. The van der Waals surface area contributed by atoms with Crippen LogP contribution in [0, 0.1) is 5.92 Å². The number of aliphatic carboxylic acids is 3. The Morgan fingerprint density at radius 1 is 0.860 bits per heavy atom. The highest BCUT2D eigenvalue weighted by Crippen LogP contribution is 2.22. The number of carboxylic acids is 3. The quantitative estimate of drug-likeness (QED) is 0.166. The summed E-state index contributed by atoms with van der Waals surface area (Å²) in [6.07, 6.45) is 5.05. The van der Waals surface area contributed by atoms with Gasteiger partial charge in [-0.3, -0.25) is 24.5 Å². The first-order valence-electron chi connectivity index (χ1n) is 15.1. The molecule has 0 spiro atoms. The van der Waals surface area contributed by atoms with Gasteiger partial charge in [-0.2, -0.15) is 0 Å². The highest BCUT2D eigenvalue weighted by Gasteiger charge is 2.28. The first-order valence-corrected chi connectivity index (χ1v) is 15.1. The Morgan fingerprint density at radius 3 is 1.95 bits per heavy atom. The summed E-state index contributed by atoms with van der Waals surface area (Å²) in [5.74, 6) is -2.65. The summed E-state index contributed by atoms with van der Waals surface area (Å²) in [7, 11) is 0. The number of amides is 1. The molecule has 3 atom stereocenters. The van der Waals surface area contributed by atoms with Gasteiger partial charge in [0.1, 0.15) is 18.1 Å². The number of carbonyl (C=O) groups is 4. The zero-order valence-corrected chi connectivity index (χ0v) is 25.5. The molecule has 0 fully saturated rings. The number of unbranched alkanes of at least 4 members (excludes halogenated alkanes) is 1. The van der Waals surface area contributed by atoms with Crippen molar-refractivity contribution in [1.29, 1.82) is 0 Å². The third-order valence-electron chi connectivity index (χ3n) is 7.39. The third kappa shape index (κ3) is 12.2. The molecule has 0 radical (unpaired) electrons. The van der Waals surface area contributed by atoms with Crippen LogP contribution in [0.5, 0.6) is 0 Å². The summed E-state index contributed by atoms with van der Waals surface area (Å²) < 4.78 is 0. The number of carboxylic acid groups (broad SMARTS) is 3. The maximum absolute atomic E-state index is 12.4. The lowest BCUT2D eigenvalue weighted by Crippen LogP contribution is -2.47. The van der Waals surface area contributed by atoms with E-state index in [0.29, 0.717) is 57.5 Å². The van der Waals surface area contributed by atoms with Gasteiger partial charge in [0.05, 0.1) is 0 Å². The molecule has 0 saturated heterocycles. The summed E-state index contributed by atoms with van der Waals surface area (Å²) >= 11 is 0. The van der Waals surface area contributed by atoms with Crippen LogP contribution in [0.1, 0.15) is 86.3 Å². The van der Waals surface area contributed by atoms with Crippen molar-refractivity contribution in [3.63, 3.8) is 0 Å². The normalized spacial score (nSPS) is 14.4. The number of carbonyl (C=O) groups excluding carboxylic acids is 1. The van der Waals surface area contributed by atoms with Crippen molar-refractivity contribution in [1.82, 2.24) is 10.2 Å². The fourth-order valence-electron chi connectivity index (χ4n) is 5.03. The first kappa shape index (κ1) is 35.4. The molecule has 1 aliphatic heterocycles. The van der Waals surface area contributed by atoms with E-state index in [4.69, 9.17) is 10.8 Å². The summed E-state index contributed by atoms with van der Waals surface area (Å²) in [4.78, 5) is 47.9. The van der Waals surface area contributed by atoms with Crippen LogP contribution in [0.4, 0.5) is 0 Å². The van der Waals surface area contributed by atoms with E-state index in [1.807, 2.05) is 50.2 Å². The number of rotatable bonds is 17. The predicted octanol–water partition coefficient (Wildman–Crippen LogP) is 4.34. The molecule has 0 bridgehead atoms. The molecule has 43 heavy (non-hydrogen) atoms. The van der Waals surface area contributed by atoms with Gasteiger partial charge in [0, 0.05) is 18.7 Å². The molecule has 1 amide bonds. The average molecular weight is 598 g/mol. The van der Waals surface area contributed by atoms with Crippen molar-refractivity contribution in [3.8, 4) is 0 Å². The van der Waals surface area contributed by atoms with Gasteiger partial charge in [-0.15, -0.1) is 0 Å². The molecule has 10 nitrogen and oxygen atoms in total.